The number of rotatable bonds is 6. The van der Waals surface area contributed by atoms with Gasteiger partial charge in [0.1, 0.15) is 15.8 Å². The van der Waals surface area contributed by atoms with E-state index in [4.69, 9.17) is 4.74 Å². The van der Waals surface area contributed by atoms with Crippen molar-refractivity contribution in [2.75, 3.05) is 23.3 Å². The van der Waals surface area contributed by atoms with Crippen molar-refractivity contribution < 1.29 is 19.1 Å². The second-order valence-corrected chi connectivity index (χ2v) is 10.5. The normalized spacial score (nSPS) is 18.9. The number of nitrogens with one attached hydrogen (secondary N) is 2. The molecule has 3 aliphatic rings. The minimum atomic E-state index is -0.381. The number of urea groups is 1. The summed E-state index contributed by atoms with van der Waals surface area (Å²) in [5.41, 5.74) is 2.38. The van der Waals surface area contributed by atoms with E-state index in [0.717, 1.165) is 12.8 Å². The van der Waals surface area contributed by atoms with Crippen molar-refractivity contribution >= 4 is 56.5 Å². The Labute approximate surface area is 217 Å². The van der Waals surface area contributed by atoms with Gasteiger partial charge >= 0.3 is 6.03 Å². The Morgan fingerprint density at radius 3 is 2.81 bits per heavy atom. The summed E-state index contributed by atoms with van der Waals surface area (Å²) < 4.78 is 5.91. The fraction of sp³-hybridized carbons (Fsp3) is 0.346. The van der Waals surface area contributed by atoms with Crippen LogP contribution < -0.4 is 20.3 Å². The second kappa shape index (κ2) is 9.15. The number of thiophene rings is 1. The first-order valence-electron chi connectivity index (χ1n) is 12.3. The molecule has 2 N–H and O–H groups in total. The van der Waals surface area contributed by atoms with E-state index in [-0.39, 0.29) is 30.0 Å². The summed E-state index contributed by atoms with van der Waals surface area (Å²) in [6.07, 6.45) is 7.03. The van der Waals surface area contributed by atoms with Crippen LogP contribution in [0.2, 0.25) is 0 Å². The molecule has 1 aliphatic carbocycles. The Bertz CT molecular complexity index is 1450. The minimum Gasteiger partial charge on any atom is -0.474 e. The van der Waals surface area contributed by atoms with Gasteiger partial charge in [-0.15, -0.1) is 11.3 Å². The first-order valence-corrected chi connectivity index (χ1v) is 13.1. The van der Waals surface area contributed by atoms with Gasteiger partial charge in [0.15, 0.2) is 0 Å². The average Bonchev–Trinajstić information content (AvgIpc) is 3.47. The standard InChI is InChI=1S/C26H26N6O4S/c1-3-20(33)31-12-10-15(13-31)29-24(34)23-22-21-18(9-11-27-25(21)37-23)32(26(35)30-22)17-7-8-19(28-14(17)2)36-16-5-4-6-16/h3,7-9,11,15-16H,1,4-6,10,12-13H2,2H3,(H,29,34)(H,30,35)/t15-/m1/s1. The zero-order valence-electron chi connectivity index (χ0n) is 20.3. The van der Waals surface area contributed by atoms with E-state index in [2.05, 4.69) is 27.2 Å². The average molecular weight is 519 g/mol. The van der Waals surface area contributed by atoms with Gasteiger partial charge in [0.05, 0.1) is 28.1 Å². The Morgan fingerprint density at radius 2 is 2.08 bits per heavy atom. The Morgan fingerprint density at radius 1 is 1.24 bits per heavy atom. The van der Waals surface area contributed by atoms with Crippen molar-refractivity contribution in [2.45, 2.75) is 44.8 Å². The first-order chi connectivity index (χ1) is 17.9. The molecule has 0 aromatic carbocycles. The predicted octanol–water partition coefficient (Wildman–Crippen LogP) is 4.13. The van der Waals surface area contributed by atoms with Crippen LogP contribution in [0.4, 0.5) is 21.9 Å². The molecule has 2 aliphatic heterocycles. The number of nitrogens with zero attached hydrogens (tertiary/aromatic N) is 4. The summed E-state index contributed by atoms with van der Waals surface area (Å²) in [4.78, 5) is 51.8. The molecule has 6 rings (SSSR count). The van der Waals surface area contributed by atoms with Crippen LogP contribution in [0.25, 0.3) is 10.2 Å². The van der Waals surface area contributed by atoms with Gasteiger partial charge in [-0.05, 0) is 50.8 Å². The molecule has 2 fully saturated rings. The van der Waals surface area contributed by atoms with Gasteiger partial charge < -0.3 is 20.3 Å². The highest BCUT2D eigenvalue weighted by atomic mass is 32.1. The molecule has 190 valence electrons. The molecule has 11 heteroatoms. The van der Waals surface area contributed by atoms with Gasteiger partial charge in [-0.1, -0.05) is 6.58 Å². The van der Waals surface area contributed by atoms with Crippen LogP contribution in [-0.4, -0.2) is 57.9 Å². The smallest absolute Gasteiger partial charge is 0.331 e. The van der Waals surface area contributed by atoms with Crippen molar-refractivity contribution in [3.63, 3.8) is 0 Å². The summed E-state index contributed by atoms with van der Waals surface area (Å²) in [7, 11) is 0. The van der Waals surface area contributed by atoms with Crippen LogP contribution >= 0.6 is 11.3 Å². The fourth-order valence-corrected chi connectivity index (χ4v) is 5.96. The quantitative estimate of drug-likeness (QED) is 0.474. The molecule has 0 unspecified atom stereocenters. The third kappa shape index (κ3) is 4.08. The molecule has 1 saturated heterocycles. The molecular formula is C26H26N6O4S. The lowest BCUT2D eigenvalue weighted by atomic mass is 9.96. The van der Waals surface area contributed by atoms with Crippen LogP contribution in [0.1, 0.15) is 41.0 Å². The van der Waals surface area contributed by atoms with Gasteiger partial charge in [-0.3, -0.25) is 14.5 Å². The van der Waals surface area contributed by atoms with Crippen molar-refractivity contribution in [3.8, 4) is 5.88 Å². The number of hydrogen-bond acceptors (Lipinski definition) is 7. The van der Waals surface area contributed by atoms with E-state index in [0.29, 0.717) is 63.2 Å². The Balaban J connectivity index is 1.29. The molecule has 5 heterocycles. The van der Waals surface area contributed by atoms with Crippen LogP contribution in [0.3, 0.4) is 0 Å². The molecule has 1 atom stereocenters. The number of carbonyl (C=O) groups is 3. The second-order valence-electron chi connectivity index (χ2n) is 9.45. The maximum Gasteiger partial charge on any atom is 0.331 e. The van der Waals surface area contributed by atoms with Crippen molar-refractivity contribution in [2.24, 2.45) is 0 Å². The summed E-state index contributed by atoms with van der Waals surface area (Å²) in [5, 5.41) is 6.63. The number of aryl methyl sites for hydroxylation is 1. The highest BCUT2D eigenvalue weighted by Gasteiger charge is 2.35. The first kappa shape index (κ1) is 23.4. The topological polar surface area (TPSA) is 117 Å². The minimum absolute atomic E-state index is 0.151. The third-order valence-corrected chi connectivity index (χ3v) is 8.17. The number of likely N-dealkylation sites (tertiary alicyclic amines) is 1. The van der Waals surface area contributed by atoms with Gasteiger partial charge in [-0.2, -0.15) is 0 Å². The largest absolute Gasteiger partial charge is 0.474 e. The number of aromatic nitrogens is 2. The molecule has 0 spiro atoms. The zero-order valence-corrected chi connectivity index (χ0v) is 21.1. The van der Waals surface area contributed by atoms with Gasteiger partial charge in [0.2, 0.25) is 11.8 Å². The van der Waals surface area contributed by atoms with Crippen LogP contribution in [-0.2, 0) is 4.79 Å². The fourth-order valence-electron chi connectivity index (χ4n) is 4.93. The molecule has 3 aromatic heterocycles. The summed E-state index contributed by atoms with van der Waals surface area (Å²) in [5.74, 6) is 0.104. The van der Waals surface area contributed by atoms with E-state index in [1.807, 2.05) is 13.0 Å². The molecule has 4 amide bonds. The van der Waals surface area contributed by atoms with Crippen LogP contribution in [0.15, 0.2) is 37.1 Å². The number of ether oxygens (including phenoxy) is 1. The third-order valence-electron chi connectivity index (χ3n) is 7.07. The van der Waals surface area contributed by atoms with E-state index in [1.165, 1.54) is 23.8 Å². The lowest BCUT2D eigenvalue weighted by Gasteiger charge is -2.30. The number of anilines is 3. The SMILES string of the molecule is C=CC(=O)N1CC[C@@H](NC(=O)c2sc3nccc4c3c2NC(=O)N4c2ccc(OC3CCC3)nc2C)C1. The van der Waals surface area contributed by atoms with Gasteiger partial charge in [0, 0.05) is 31.4 Å². The van der Waals surface area contributed by atoms with Crippen molar-refractivity contribution in [3.05, 3.63) is 47.6 Å². The lowest BCUT2D eigenvalue weighted by Crippen LogP contribution is -2.39. The summed E-state index contributed by atoms with van der Waals surface area (Å²) >= 11 is 1.23. The van der Waals surface area contributed by atoms with Gasteiger partial charge in [0.25, 0.3) is 5.91 Å². The summed E-state index contributed by atoms with van der Waals surface area (Å²) in [6, 6.07) is 4.84. The molecular weight excluding hydrogens is 492 g/mol. The lowest BCUT2D eigenvalue weighted by molar-refractivity contribution is -0.125. The monoisotopic (exact) mass is 518 g/mol. The maximum absolute atomic E-state index is 13.4. The zero-order chi connectivity index (χ0) is 25.7. The maximum atomic E-state index is 13.4. The van der Waals surface area contributed by atoms with Crippen LogP contribution in [0.5, 0.6) is 5.88 Å². The number of carbonyl (C=O) groups excluding carboxylic acids is 3. The van der Waals surface area contributed by atoms with Crippen LogP contribution in [0, 0.1) is 6.92 Å². The molecule has 0 radical (unpaired) electrons. The molecule has 0 bridgehead atoms. The summed E-state index contributed by atoms with van der Waals surface area (Å²) in [6.45, 7) is 6.35. The number of pyridine rings is 2. The van der Waals surface area contributed by atoms with E-state index >= 15 is 0 Å². The van der Waals surface area contributed by atoms with E-state index < -0.39 is 0 Å². The molecule has 1 saturated carbocycles. The Hall–Kier alpha value is -3.99. The van der Waals surface area contributed by atoms with Crippen molar-refractivity contribution in [1.82, 2.24) is 20.2 Å². The van der Waals surface area contributed by atoms with Crippen molar-refractivity contribution in [1.29, 1.82) is 0 Å². The number of amides is 4. The van der Waals surface area contributed by atoms with E-state index in [1.54, 1.807) is 28.1 Å². The van der Waals surface area contributed by atoms with Gasteiger partial charge in [-0.25, -0.2) is 14.8 Å². The Kier molecular flexibility index (Phi) is 5.79. The highest BCUT2D eigenvalue weighted by Crippen LogP contribution is 2.46. The number of hydrogen-bond donors (Lipinski definition) is 2. The van der Waals surface area contributed by atoms with E-state index in [9.17, 15) is 14.4 Å². The highest BCUT2D eigenvalue weighted by molar-refractivity contribution is 7.21. The predicted molar refractivity (Wildman–Crippen MR) is 141 cm³/mol. The molecule has 10 nitrogen and oxygen atoms in total. The molecule has 37 heavy (non-hydrogen) atoms. The molecule has 3 aromatic rings.